The summed E-state index contributed by atoms with van der Waals surface area (Å²) in [6.07, 6.45) is 1.63. The van der Waals surface area contributed by atoms with Gasteiger partial charge in [0.25, 0.3) is 0 Å². The number of sulfonamides is 1. The van der Waals surface area contributed by atoms with Crippen molar-refractivity contribution in [2.75, 3.05) is 5.73 Å². The van der Waals surface area contributed by atoms with Gasteiger partial charge in [-0.15, -0.1) is 0 Å². The van der Waals surface area contributed by atoms with Crippen molar-refractivity contribution in [1.82, 2.24) is 9.71 Å². The Hall–Kier alpha value is -1.92. The highest BCUT2D eigenvalue weighted by atomic mass is 32.2. The summed E-state index contributed by atoms with van der Waals surface area (Å²) in [7, 11) is -3.38. The van der Waals surface area contributed by atoms with E-state index >= 15 is 0 Å². The second-order valence-electron chi connectivity index (χ2n) is 4.14. The maximum Gasteiger partial charge on any atom is 0.216 e. The minimum atomic E-state index is -3.38. The average molecular weight is 277 g/mol. The second kappa shape index (κ2) is 5.81. The molecule has 1 aromatic carbocycles. The molecule has 0 aliphatic heterocycles. The minimum Gasteiger partial charge on any atom is -0.399 e. The molecule has 0 aliphatic carbocycles. The third-order valence-corrected chi connectivity index (χ3v) is 3.83. The molecule has 3 N–H and O–H groups in total. The number of nitrogens with one attached hydrogen (secondary N) is 1. The number of nitrogens with zero attached hydrogens (tertiary/aromatic N) is 1. The van der Waals surface area contributed by atoms with Gasteiger partial charge >= 0.3 is 0 Å². The fourth-order valence-electron chi connectivity index (χ4n) is 1.57. The van der Waals surface area contributed by atoms with Crippen molar-refractivity contribution in [3.8, 4) is 0 Å². The van der Waals surface area contributed by atoms with Crippen molar-refractivity contribution in [3.63, 3.8) is 0 Å². The van der Waals surface area contributed by atoms with Gasteiger partial charge < -0.3 is 5.73 Å². The maximum atomic E-state index is 11.9. The molecule has 19 heavy (non-hydrogen) atoms. The third kappa shape index (κ3) is 4.35. The smallest absolute Gasteiger partial charge is 0.216 e. The van der Waals surface area contributed by atoms with E-state index in [0.717, 1.165) is 0 Å². The number of pyridine rings is 1. The zero-order valence-corrected chi connectivity index (χ0v) is 11.1. The van der Waals surface area contributed by atoms with E-state index in [-0.39, 0.29) is 12.3 Å². The molecule has 0 spiro atoms. The first-order chi connectivity index (χ1) is 9.05. The van der Waals surface area contributed by atoms with Crippen LogP contribution in [0, 0.1) is 0 Å². The highest BCUT2D eigenvalue weighted by molar-refractivity contribution is 7.88. The van der Waals surface area contributed by atoms with Crippen LogP contribution >= 0.6 is 0 Å². The number of benzene rings is 1. The number of aromatic nitrogens is 1. The van der Waals surface area contributed by atoms with Crippen molar-refractivity contribution >= 4 is 15.7 Å². The summed E-state index contributed by atoms with van der Waals surface area (Å²) >= 11 is 0. The molecular formula is C13H15N3O2S. The summed E-state index contributed by atoms with van der Waals surface area (Å²) in [5.74, 6) is -0.0693. The van der Waals surface area contributed by atoms with E-state index < -0.39 is 10.0 Å². The standard InChI is InChI=1S/C13H15N3O2S/c14-12-6-4-11(5-7-12)10-19(17,18)16-9-13-3-1-2-8-15-13/h1-8,16H,9-10,14H2. The zero-order chi connectivity index (χ0) is 13.7. The van der Waals surface area contributed by atoms with Gasteiger partial charge in [0, 0.05) is 11.9 Å². The first-order valence-electron chi connectivity index (χ1n) is 5.77. The molecule has 0 atom stereocenters. The van der Waals surface area contributed by atoms with Crippen LogP contribution in [0.2, 0.25) is 0 Å². The first-order valence-corrected chi connectivity index (χ1v) is 7.42. The molecule has 100 valence electrons. The predicted octanol–water partition coefficient (Wildman–Crippen LogP) is 1.28. The molecule has 6 heteroatoms. The van der Waals surface area contributed by atoms with E-state index in [4.69, 9.17) is 5.73 Å². The minimum absolute atomic E-state index is 0.0693. The van der Waals surface area contributed by atoms with Crippen LogP contribution in [-0.4, -0.2) is 13.4 Å². The van der Waals surface area contributed by atoms with Crippen LogP contribution in [0.15, 0.2) is 48.7 Å². The molecule has 2 rings (SSSR count). The largest absolute Gasteiger partial charge is 0.399 e. The second-order valence-corrected chi connectivity index (χ2v) is 5.95. The molecule has 0 radical (unpaired) electrons. The lowest BCUT2D eigenvalue weighted by Gasteiger charge is -2.06. The van der Waals surface area contributed by atoms with Crippen LogP contribution in [0.4, 0.5) is 5.69 Å². The number of nitrogen functional groups attached to an aromatic ring is 1. The summed E-state index contributed by atoms with van der Waals surface area (Å²) in [6, 6.07) is 12.1. The third-order valence-electron chi connectivity index (χ3n) is 2.54. The molecule has 0 saturated heterocycles. The Morgan fingerprint density at radius 2 is 1.84 bits per heavy atom. The number of nitrogens with two attached hydrogens (primary N) is 1. The van der Waals surface area contributed by atoms with Gasteiger partial charge in [-0.1, -0.05) is 18.2 Å². The number of anilines is 1. The van der Waals surface area contributed by atoms with Gasteiger partial charge in [0.05, 0.1) is 18.0 Å². The van der Waals surface area contributed by atoms with Crippen LogP contribution in [-0.2, 0) is 22.3 Å². The molecule has 0 saturated carbocycles. The molecule has 1 aromatic heterocycles. The Morgan fingerprint density at radius 3 is 2.47 bits per heavy atom. The Labute approximate surface area is 112 Å². The average Bonchev–Trinajstić information content (AvgIpc) is 2.40. The molecular weight excluding hydrogens is 262 g/mol. The SMILES string of the molecule is Nc1ccc(CS(=O)(=O)NCc2ccccn2)cc1. The normalized spacial score (nSPS) is 11.4. The van der Waals surface area contributed by atoms with Crippen LogP contribution in [0.25, 0.3) is 0 Å². The molecule has 2 aromatic rings. The first kappa shape index (κ1) is 13.5. The fraction of sp³-hybridized carbons (Fsp3) is 0.154. The van der Waals surface area contributed by atoms with Gasteiger partial charge in [0.2, 0.25) is 10.0 Å². The summed E-state index contributed by atoms with van der Waals surface area (Å²) in [4.78, 5) is 4.06. The van der Waals surface area contributed by atoms with E-state index in [1.807, 2.05) is 6.07 Å². The summed E-state index contributed by atoms with van der Waals surface area (Å²) < 4.78 is 26.3. The molecule has 0 unspecified atom stereocenters. The zero-order valence-electron chi connectivity index (χ0n) is 10.3. The highest BCUT2D eigenvalue weighted by Crippen LogP contribution is 2.09. The van der Waals surface area contributed by atoms with Crippen LogP contribution in [0.3, 0.4) is 0 Å². The Balaban J connectivity index is 1.97. The van der Waals surface area contributed by atoms with Gasteiger partial charge in [-0.2, -0.15) is 0 Å². The van der Waals surface area contributed by atoms with Crippen LogP contribution in [0.5, 0.6) is 0 Å². The molecule has 5 nitrogen and oxygen atoms in total. The van der Waals surface area contributed by atoms with Gasteiger partial charge in [0.1, 0.15) is 0 Å². The molecule has 0 bridgehead atoms. The molecule has 1 heterocycles. The van der Waals surface area contributed by atoms with Gasteiger partial charge in [0.15, 0.2) is 0 Å². The van der Waals surface area contributed by atoms with Crippen molar-refractivity contribution < 1.29 is 8.42 Å². The van der Waals surface area contributed by atoms with Crippen LogP contribution < -0.4 is 10.5 Å². The molecule has 0 amide bonds. The van der Waals surface area contributed by atoms with Crippen molar-refractivity contribution in [3.05, 3.63) is 59.9 Å². The van der Waals surface area contributed by atoms with Crippen molar-refractivity contribution in [2.45, 2.75) is 12.3 Å². The lowest BCUT2D eigenvalue weighted by molar-refractivity contribution is 0.579. The quantitative estimate of drug-likeness (QED) is 0.806. The van der Waals surface area contributed by atoms with Gasteiger partial charge in [-0.3, -0.25) is 4.98 Å². The summed E-state index contributed by atoms with van der Waals surface area (Å²) in [6.45, 7) is 0.193. The maximum absolute atomic E-state index is 11.9. The van der Waals surface area contributed by atoms with Crippen molar-refractivity contribution in [2.24, 2.45) is 0 Å². The number of hydrogen-bond donors (Lipinski definition) is 2. The fourth-order valence-corrected chi connectivity index (χ4v) is 2.67. The van der Waals surface area contributed by atoms with E-state index in [9.17, 15) is 8.42 Å². The monoisotopic (exact) mass is 277 g/mol. The molecule has 0 fully saturated rings. The van der Waals surface area contributed by atoms with E-state index in [2.05, 4.69) is 9.71 Å². The van der Waals surface area contributed by atoms with Crippen molar-refractivity contribution in [1.29, 1.82) is 0 Å². The van der Waals surface area contributed by atoms with Gasteiger partial charge in [-0.05, 0) is 29.8 Å². The molecule has 0 aliphatic rings. The Bertz CT molecular complexity index is 625. The van der Waals surface area contributed by atoms with Gasteiger partial charge in [-0.25, -0.2) is 13.1 Å². The number of hydrogen-bond acceptors (Lipinski definition) is 4. The summed E-state index contributed by atoms with van der Waals surface area (Å²) in [5, 5.41) is 0. The lowest BCUT2D eigenvalue weighted by Crippen LogP contribution is -2.25. The lowest BCUT2D eigenvalue weighted by atomic mass is 10.2. The Kier molecular flexibility index (Phi) is 4.13. The highest BCUT2D eigenvalue weighted by Gasteiger charge is 2.11. The van der Waals surface area contributed by atoms with E-state index in [1.54, 1.807) is 42.6 Å². The number of rotatable bonds is 5. The van der Waals surface area contributed by atoms with Crippen LogP contribution in [0.1, 0.15) is 11.3 Å². The Morgan fingerprint density at radius 1 is 1.11 bits per heavy atom. The van der Waals surface area contributed by atoms with E-state index in [0.29, 0.717) is 16.9 Å². The predicted molar refractivity (Wildman–Crippen MR) is 74.6 cm³/mol. The topological polar surface area (TPSA) is 85.1 Å². The van der Waals surface area contributed by atoms with E-state index in [1.165, 1.54) is 0 Å². The summed E-state index contributed by atoms with van der Waals surface area (Å²) in [5.41, 5.74) is 7.55.